The molecule has 3 nitrogen and oxygen atoms in total. The van der Waals surface area contributed by atoms with Gasteiger partial charge in [-0.2, -0.15) is 5.10 Å². The van der Waals surface area contributed by atoms with Crippen molar-refractivity contribution in [3.63, 3.8) is 0 Å². The van der Waals surface area contributed by atoms with Crippen LogP contribution in [0.1, 0.15) is 19.5 Å². The van der Waals surface area contributed by atoms with E-state index in [-0.39, 0.29) is 0 Å². The van der Waals surface area contributed by atoms with Crippen molar-refractivity contribution in [3.05, 3.63) is 18.0 Å². The highest BCUT2D eigenvalue weighted by molar-refractivity contribution is 5.09. The standard InChI is InChI=1S/C8H14FN3/c1-8(2,9)7-3-5-11-12(7)6-4-10/h3,5H,4,6,10H2,1-2H3. The molecule has 1 heterocycles. The molecule has 0 amide bonds. The first-order valence-corrected chi connectivity index (χ1v) is 3.97. The van der Waals surface area contributed by atoms with Crippen molar-refractivity contribution in [2.45, 2.75) is 26.1 Å². The van der Waals surface area contributed by atoms with Crippen LogP contribution in [0.3, 0.4) is 0 Å². The van der Waals surface area contributed by atoms with Crippen LogP contribution in [-0.4, -0.2) is 16.3 Å². The van der Waals surface area contributed by atoms with Gasteiger partial charge in [0, 0.05) is 12.7 Å². The van der Waals surface area contributed by atoms with Crippen LogP contribution in [0.4, 0.5) is 4.39 Å². The molecule has 68 valence electrons. The van der Waals surface area contributed by atoms with Gasteiger partial charge in [0.05, 0.1) is 12.2 Å². The Labute approximate surface area is 71.4 Å². The third-order valence-electron chi connectivity index (χ3n) is 1.67. The van der Waals surface area contributed by atoms with Crippen molar-refractivity contribution in [1.29, 1.82) is 0 Å². The van der Waals surface area contributed by atoms with Gasteiger partial charge in [-0.25, -0.2) is 4.39 Å². The lowest BCUT2D eigenvalue weighted by molar-refractivity contribution is 0.203. The van der Waals surface area contributed by atoms with E-state index in [4.69, 9.17) is 5.73 Å². The van der Waals surface area contributed by atoms with Crippen LogP contribution in [-0.2, 0) is 12.2 Å². The highest BCUT2D eigenvalue weighted by Gasteiger charge is 2.22. The maximum absolute atomic E-state index is 13.4. The lowest BCUT2D eigenvalue weighted by atomic mass is 10.1. The Morgan fingerprint density at radius 3 is 2.83 bits per heavy atom. The lowest BCUT2D eigenvalue weighted by Gasteiger charge is -2.15. The monoisotopic (exact) mass is 171 g/mol. The minimum absolute atomic E-state index is 0.477. The number of nitrogens with zero attached hydrogens (tertiary/aromatic N) is 2. The molecular weight excluding hydrogens is 157 g/mol. The van der Waals surface area contributed by atoms with Crippen LogP contribution < -0.4 is 5.73 Å². The third kappa shape index (κ3) is 1.82. The topological polar surface area (TPSA) is 43.8 Å². The highest BCUT2D eigenvalue weighted by atomic mass is 19.1. The molecular formula is C8H14FN3. The molecule has 2 N–H and O–H groups in total. The summed E-state index contributed by atoms with van der Waals surface area (Å²) in [6.07, 6.45) is 1.59. The van der Waals surface area contributed by atoms with Gasteiger partial charge < -0.3 is 5.73 Å². The van der Waals surface area contributed by atoms with E-state index in [0.717, 1.165) is 0 Å². The summed E-state index contributed by atoms with van der Waals surface area (Å²) in [4.78, 5) is 0. The summed E-state index contributed by atoms with van der Waals surface area (Å²) in [6, 6.07) is 1.68. The van der Waals surface area contributed by atoms with Crippen LogP contribution in [0.15, 0.2) is 12.3 Å². The molecule has 4 heteroatoms. The Bertz CT molecular complexity index is 249. The van der Waals surface area contributed by atoms with E-state index in [1.807, 2.05) is 0 Å². The molecule has 0 fully saturated rings. The average molecular weight is 171 g/mol. The molecule has 0 saturated heterocycles. The van der Waals surface area contributed by atoms with Gasteiger partial charge in [0.25, 0.3) is 0 Å². The minimum atomic E-state index is -1.34. The second kappa shape index (κ2) is 3.23. The van der Waals surface area contributed by atoms with Crippen molar-refractivity contribution in [2.24, 2.45) is 5.73 Å². The highest BCUT2D eigenvalue weighted by Crippen LogP contribution is 2.23. The summed E-state index contributed by atoms with van der Waals surface area (Å²) in [7, 11) is 0. The van der Waals surface area contributed by atoms with Gasteiger partial charge >= 0.3 is 0 Å². The Kier molecular flexibility index (Phi) is 2.47. The third-order valence-corrected chi connectivity index (χ3v) is 1.67. The van der Waals surface area contributed by atoms with Gasteiger partial charge in [-0.1, -0.05) is 0 Å². The molecule has 1 aromatic rings. The Balaban J connectivity index is 2.91. The average Bonchev–Trinajstić information content (AvgIpc) is 2.34. The zero-order valence-electron chi connectivity index (χ0n) is 7.42. The van der Waals surface area contributed by atoms with E-state index in [2.05, 4.69) is 5.10 Å². The summed E-state index contributed by atoms with van der Waals surface area (Å²) >= 11 is 0. The number of aromatic nitrogens is 2. The number of halogens is 1. The molecule has 0 unspecified atom stereocenters. The first-order valence-electron chi connectivity index (χ1n) is 3.97. The first-order chi connectivity index (χ1) is 5.55. The van der Waals surface area contributed by atoms with Crippen molar-refractivity contribution in [1.82, 2.24) is 9.78 Å². The molecule has 0 aliphatic carbocycles. The lowest BCUT2D eigenvalue weighted by Crippen LogP contribution is -2.20. The zero-order valence-corrected chi connectivity index (χ0v) is 7.42. The Morgan fingerprint density at radius 1 is 1.67 bits per heavy atom. The predicted molar refractivity (Wildman–Crippen MR) is 45.4 cm³/mol. The fraction of sp³-hybridized carbons (Fsp3) is 0.625. The largest absolute Gasteiger partial charge is 0.329 e. The number of nitrogens with two attached hydrogens (primary N) is 1. The van der Waals surface area contributed by atoms with Crippen molar-refractivity contribution < 1.29 is 4.39 Å². The Morgan fingerprint density at radius 2 is 2.33 bits per heavy atom. The molecule has 0 bridgehead atoms. The smallest absolute Gasteiger partial charge is 0.146 e. The van der Waals surface area contributed by atoms with E-state index in [0.29, 0.717) is 18.8 Å². The summed E-state index contributed by atoms with van der Waals surface area (Å²) in [5.41, 5.74) is 4.58. The quantitative estimate of drug-likeness (QED) is 0.738. The minimum Gasteiger partial charge on any atom is -0.329 e. The van der Waals surface area contributed by atoms with Crippen molar-refractivity contribution in [3.8, 4) is 0 Å². The van der Waals surface area contributed by atoms with Crippen LogP contribution in [0.2, 0.25) is 0 Å². The Hall–Kier alpha value is -0.900. The number of rotatable bonds is 3. The fourth-order valence-electron chi connectivity index (χ4n) is 1.14. The van der Waals surface area contributed by atoms with Gasteiger partial charge in [-0.05, 0) is 19.9 Å². The van der Waals surface area contributed by atoms with Gasteiger partial charge in [-0.15, -0.1) is 0 Å². The molecule has 0 saturated carbocycles. The molecule has 1 rings (SSSR count). The molecule has 0 aliphatic heterocycles. The molecule has 12 heavy (non-hydrogen) atoms. The van der Waals surface area contributed by atoms with Crippen LogP contribution in [0, 0.1) is 0 Å². The molecule has 1 aromatic heterocycles. The zero-order chi connectivity index (χ0) is 9.19. The normalized spacial score (nSPS) is 12.0. The molecule has 0 atom stereocenters. The molecule has 0 radical (unpaired) electrons. The fourth-order valence-corrected chi connectivity index (χ4v) is 1.14. The summed E-state index contributed by atoms with van der Waals surface area (Å²) in [5.74, 6) is 0. The summed E-state index contributed by atoms with van der Waals surface area (Å²) in [5, 5.41) is 3.97. The van der Waals surface area contributed by atoms with E-state index < -0.39 is 5.67 Å². The second-order valence-corrected chi connectivity index (χ2v) is 3.20. The number of alkyl halides is 1. The molecule has 0 spiro atoms. The van der Waals surface area contributed by atoms with Crippen LogP contribution in [0.25, 0.3) is 0 Å². The van der Waals surface area contributed by atoms with Crippen LogP contribution >= 0.6 is 0 Å². The van der Waals surface area contributed by atoms with Gasteiger partial charge in [0.15, 0.2) is 0 Å². The predicted octanol–water partition coefficient (Wildman–Crippen LogP) is 1.05. The van der Waals surface area contributed by atoms with E-state index >= 15 is 0 Å². The number of hydrogen-bond acceptors (Lipinski definition) is 2. The van der Waals surface area contributed by atoms with Crippen molar-refractivity contribution >= 4 is 0 Å². The van der Waals surface area contributed by atoms with E-state index in [1.165, 1.54) is 13.8 Å². The van der Waals surface area contributed by atoms with E-state index in [9.17, 15) is 4.39 Å². The first kappa shape index (κ1) is 9.19. The van der Waals surface area contributed by atoms with Gasteiger partial charge in [-0.3, -0.25) is 4.68 Å². The van der Waals surface area contributed by atoms with Crippen molar-refractivity contribution in [2.75, 3.05) is 6.54 Å². The SMILES string of the molecule is CC(C)(F)c1ccnn1CCN. The molecule has 0 aliphatic rings. The number of hydrogen-bond donors (Lipinski definition) is 1. The van der Waals surface area contributed by atoms with E-state index in [1.54, 1.807) is 16.9 Å². The van der Waals surface area contributed by atoms with Gasteiger partial charge in [0.2, 0.25) is 0 Å². The maximum atomic E-state index is 13.4. The van der Waals surface area contributed by atoms with Crippen LogP contribution in [0.5, 0.6) is 0 Å². The van der Waals surface area contributed by atoms with Gasteiger partial charge in [0.1, 0.15) is 5.67 Å². The maximum Gasteiger partial charge on any atom is 0.146 e. The second-order valence-electron chi connectivity index (χ2n) is 3.20. The summed E-state index contributed by atoms with van der Waals surface area (Å²) in [6.45, 7) is 4.06. The molecule has 0 aromatic carbocycles. The summed E-state index contributed by atoms with van der Waals surface area (Å²) < 4.78 is 15.0.